The van der Waals surface area contributed by atoms with E-state index in [1.54, 1.807) is 12.1 Å². The Hall–Kier alpha value is -1.27. The Labute approximate surface area is 122 Å². The van der Waals surface area contributed by atoms with Gasteiger partial charge in [0.15, 0.2) is 0 Å². The number of rotatable bonds is 5. The molecule has 1 aromatic rings. The van der Waals surface area contributed by atoms with Gasteiger partial charge >= 0.3 is 6.36 Å². The maximum absolute atomic E-state index is 12.5. The van der Waals surface area contributed by atoms with E-state index < -0.39 is 6.36 Å². The van der Waals surface area contributed by atoms with Crippen LogP contribution in [0.15, 0.2) is 24.3 Å². The standard InChI is InChI=1S/C15H21F3N2O/c1-2-11-7-8-20(10-11)13(9-19)12-5-3-4-6-14(12)21-15(16,17)18/h3-6,11,13H,2,7-10,19H2,1H3. The van der Waals surface area contributed by atoms with Crippen LogP contribution in [0.1, 0.15) is 31.4 Å². The van der Waals surface area contributed by atoms with Gasteiger partial charge in [-0.25, -0.2) is 0 Å². The van der Waals surface area contributed by atoms with E-state index in [0.717, 1.165) is 25.9 Å². The fourth-order valence-corrected chi connectivity index (χ4v) is 2.93. The van der Waals surface area contributed by atoms with Crippen LogP contribution >= 0.6 is 0 Å². The van der Waals surface area contributed by atoms with Gasteiger partial charge < -0.3 is 10.5 Å². The minimum Gasteiger partial charge on any atom is -0.405 e. The fraction of sp³-hybridized carbons (Fsp3) is 0.600. The lowest BCUT2D eigenvalue weighted by Crippen LogP contribution is -2.33. The van der Waals surface area contributed by atoms with Gasteiger partial charge in [-0.05, 0) is 24.9 Å². The first-order chi connectivity index (χ1) is 9.94. The Kier molecular flexibility index (Phi) is 5.11. The third kappa shape index (κ3) is 4.11. The normalized spacial score (nSPS) is 21.5. The Bertz CT molecular complexity index is 464. The van der Waals surface area contributed by atoms with Crippen LogP contribution in [0, 0.1) is 5.92 Å². The molecule has 0 spiro atoms. The summed E-state index contributed by atoms with van der Waals surface area (Å²) in [4.78, 5) is 2.16. The summed E-state index contributed by atoms with van der Waals surface area (Å²) in [5.74, 6) is 0.440. The Morgan fingerprint density at radius 1 is 1.38 bits per heavy atom. The van der Waals surface area contributed by atoms with Gasteiger partial charge in [0.05, 0.1) is 6.04 Å². The van der Waals surface area contributed by atoms with E-state index in [9.17, 15) is 13.2 Å². The Morgan fingerprint density at radius 3 is 2.67 bits per heavy atom. The first-order valence-electron chi connectivity index (χ1n) is 7.23. The number of alkyl halides is 3. The molecule has 0 amide bonds. The van der Waals surface area contributed by atoms with Crippen molar-refractivity contribution in [3.05, 3.63) is 29.8 Å². The topological polar surface area (TPSA) is 38.5 Å². The molecule has 0 radical (unpaired) electrons. The molecule has 2 rings (SSSR count). The predicted molar refractivity (Wildman–Crippen MR) is 74.9 cm³/mol. The second kappa shape index (κ2) is 6.66. The molecule has 0 aromatic heterocycles. The Morgan fingerprint density at radius 2 is 2.10 bits per heavy atom. The molecule has 0 saturated carbocycles. The van der Waals surface area contributed by atoms with Crippen LogP contribution in [-0.2, 0) is 0 Å². The molecule has 2 N–H and O–H groups in total. The van der Waals surface area contributed by atoms with E-state index in [-0.39, 0.29) is 18.3 Å². The SMILES string of the molecule is CCC1CCN(C(CN)c2ccccc2OC(F)(F)F)C1. The van der Waals surface area contributed by atoms with Crippen molar-refractivity contribution in [2.24, 2.45) is 11.7 Å². The zero-order valence-corrected chi connectivity index (χ0v) is 12.1. The van der Waals surface area contributed by atoms with E-state index >= 15 is 0 Å². The maximum Gasteiger partial charge on any atom is 0.573 e. The molecule has 1 heterocycles. The van der Waals surface area contributed by atoms with Gasteiger partial charge in [0.2, 0.25) is 0 Å². The van der Waals surface area contributed by atoms with Gasteiger partial charge in [-0.1, -0.05) is 31.5 Å². The summed E-state index contributed by atoms with van der Waals surface area (Å²) in [6.07, 6.45) is -2.55. The number of nitrogens with two attached hydrogens (primary N) is 1. The van der Waals surface area contributed by atoms with Crippen molar-refractivity contribution >= 4 is 0 Å². The average Bonchev–Trinajstić information content (AvgIpc) is 2.88. The lowest BCUT2D eigenvalue weighted by Gasteiger charge is -2.28. The number of likely N-dealkylation sites (tertiary alicyclic amines) is 1. The molecule has 3 nitrogen and oxygen atoms in total. The summed E-state index contributed by atoms with van der Waals surface area (Å²) in [6, 6.07) is 6.03. The fourth-order valence-electron chi connectivity index (χ4n) is 2.93. The number of ether oxygens (including phenoxy) is 1. The summed E-state index contributed by atoms with van der Waals surface area (Å²) in [6.45, 7) is 4.14. The second-order valence-corrected chi connectivity index (χ2v) is 5.40. The molecule has 2 atom stereocenters. The van der Waals surface area contributed by atoms with Gasteiger partial charge in [-0.15, -0.1) is 13.2 Å². The van der Waals surface area contributed by atoms with Gasteiger partial charge in [0.1, 0.15) is 5.75 Å². The molecular formula is C15H21F3N2O. The van der Waals surface area contributed by atoms with Crippen molar-refractivity contribution in [3.8, 4) is 5.75 Å². The van der Waals surface area contributed by atoms with Crippen molar-refractivity contribution < 1.29 is 17.9 Å². The van der Waals surface area contributed by atoms with Crippen LogP contribution in [0.25, 0.3) is 0 Å². The van der Waals surface area contributed by atoms with Crippen LogP contribution in [0.5, 0.6) is 5.75 Å². The van der Waals surface area contributed by atoms with Crippen LogP contribution in [0.3, 0.4) is 0 Å². The highest BCUT2D eigenvalue weighted by molar-refractivity contribution is 5.36. The summed E-state index contributed by atoms with van der Waals surface area (Å²) < 4.78 is 41.7. The van der Waals surface area contributed by atoms with Gasteiger partial charge in [0, 0.05) is 18.7 Å². The first kappa shape index (κ1) is 16.1. The van der Waals surface area contributed by atoms with E-state index in [1.165, 1.54) is 12.1 Å². The molecule has 6 heteroatoms. The zero-order chi connectivity index (χ0) is 15.5. The third-order valence-corrected chi connectivity index (χ3v) is 4.06. The smallest absolute Gasteiger partial charge is 0.405 e. The minimum absolute atomic E-state index is 0.152. The van der Waals surface area contributed by atoms with Crippen LogP contribution in [-0.4, -0.2) is 30.9 Å². The summed E-state index contributed by atoms with van der Waals surface area (Å²) in [7, 11) is 0. The molecule has 1 saturated heterocycles. The lowest BCUT2D eigenvalue weighted by molar-refractivity contribution is -0.275. The highest BCUT2D eigenvalue weighted by Crippen LogP contribution is 2.35. The second-order valence-electron chi connectivity index (χ2n) is 5.40. The average molecular weight is 302 g/mol. The third-order valence-electron chi connectivity index (χ3n) is 4.06. The summed E-state index contributed by atoms with van der Waals surface area (Å²) in [5, 5.41) is 0. The monoisotopic (exact) mass is 302 g/mol. The molecule has 118 valence electrons. The molecule has 0 aliphatic carbocycles. The van der Waals surface area contributed by atoms with Crippen LogP contribution in [0.2, 0.25) is 0 Å². The highest BCUT2D eigenvalue weighted by Gasteiger charge is 2.34. The minimum atomic E-state index is -4.69. The molecule has 21 heavy (non-hydrogen) atoms. The number of para-hydroxylation sites is 1. The molecule has 1 fully saturated rings. The van der Waals surface area contributed by atoms with E-state index in [0.29, 0.717) is 11.5 Å². The number of nitrogens with zero attached hydrogens (tertiary/aromatic N) is 1. The van der Waals surface area contributed by atoms with Crippen molar-refractivity contribution in [2.75, 3.05) is 19.6 Å². The molecule has 1 aromatic carbocycles. The molecule has 0 bridgehead atoms. The molecule has 1 aliphatic heterocycles. The van der Waals surface area contributed by atoms with E-state index in [4.69, 9.17) is 5.73 Å². The van der Waals surface area contributed by atoms with Crippen molar-refractivity contribution in [1.29, 1.82) is 0 Å². The van der Waals surface area contributed by atoms with Gasteiger partial charge in [0.25, 0.3) is 0 Å². The highest BCUT2D eigenvalue weighted by atomic mass is 19.4. The number of hydrogen-bond acceptors (Lipinski definition) is 3. The number of hydrogen-bond donors (Lipinski definition) is 1. The lowest BCUT2D eigenvalue weighted by atomic mass is 10.0. The molecule has 1 aliphatic rings. The zero-order valence-electron chi connectivity index (χ0n) is 12.1. The van der Waals surface area contributed by atoms with Crippen molar-refractivity contribution in [1.82, 2.24) is 4.90 Å². The first-order valence-corrected chi connectivity index (χ1v) is 7.23. The number of benzene rings is 1. The predicted octanol–water partition coefficient (Wildman–Crippen LogP) is 3.32. The largest absolute Gasteiger partial charge is 0.573 e. The quantitative estimate of drug-likeness (QED) is 0.907. The van der Waals surface area contributed by atoms with Crippen molar-refractivity contribution in [2.45, 2.75) is 32.2 Å². The van der Waals surface area contributed by atoms with Crippen molar-refractivity contribution in [3.63, 3.8) is 0 Å². The van der Waals surface area contributed by atoms with Crippen LogP contribution in [0.4, 0.5) is 13.2 Å². The summed E-state index contributed by atoms with van der Waals surface area (Å²) >= 11 is 0. The van der Waals surface area contributed by atoms with Gasteiger partial charge in [-0.3, -0.25) is 4.90 Å². The Balaban J connectivity index is 2.22. The van der Waals surface area contributed by atoms with E-state index in [2.05, 4.69) is 16.6 Å². The van der Waals surface area contributed by atoms with Crippen LogP contribution < -0.4 is 10.5 Å². The maximum atomic E-state index is 12.5. The molecular weight excluding hydrogens is 281 g/mol. The molecule has 2 unspecified atom stereocenters. The summed E-state index contributed by atoms with van der Waals surface area (Å²) in [5.41, 5.74) is 6.33. The number of halogens is 3. The van der Waals surface area contributed by atoms with E-state index in [1.807, 2.05) is 0 Å². The van der Waals surface area contributed by atoms with Gasteiger partial charge in [-0.2, -0.15) is 0 Å².